The van der Waals surface area contributed by atoms with Crippen LogP contribution in [0.5, 0.6) is 0 Å². The highest BCUT2D eigenvalue weighted by Crippen LogP contribution is 2.50. The first kappa shape index (κ1) is 23.5. The SMILES string of the molecule is CC1=CC(Nc2ncc(F)c(C)n2)CC(c2cnc(C3(O)CCC(C(=O)O)C(C)(C)C3)s2)=C1. The van der Waals surface area contributed by atoms with E-state index in [0.29, 0.717) is 42.3 Å². The Morgan fingerprint density at radius 1 is 1.27 bits per heavy atom. The monoisotopic (exact) mass is 472 g/mol. The summed E-state index contributed by atoms with van der Waals surface area (Å²) in [4.78, 5) is 25.3. The van der Waals surface area contributed by atoms with Gasteiger partial charge >= 0.3 is 5.97 Å². The van der Waals surface area contributed by atoms with Crippen molar-refractivity contribution in [2.24, 2.45) is 11.3 Å². The third-order valence-corrected chi connectivity index (χ3v) is 7.86. The van der Waals surface area contributed by atoms with Crippen LogP contribution in [0.15, 0.2) is 30.1 Å². The molecule has 0 aliphatic heterocycles. The molecule has 3 atom stereocenters. The van der Waals surface area contributed by atoms with Crippen LogP contribution in [-0.2, 0) is 10.4 Å². The normalized spacial score (nSPS) is 27.0. The van der Waals surface area contributed by atoms with E-state index in [-0.39, 0.29) is 6.04 Å². The number of aliphatic carboxylic acids is 1. The second-order valence-electron chi connectivity index (χ2n) is 9.82. The van der Waals surface area contributed by atoms with Crippen LogP contribution in [0, 0.1) is 24.1 Å². The minimum Gasteiger partial charge on any atom is -0.481 e. The van der Waals surface area contributed by atoms with Crippen LogP contribution in [-0.4, -0.2) is 37.2 Å². The first-order valence-corrected chi connectivity index (χ1v) is 11.8. The molecule has 0 amide bonds. The average Bonchev–Trinajstić information content (AvgIpc) is 3.20. The maximum Gasteiger partial charge on any atom is 0.307 e. The fourth-order valence-corrected chi connectivity index (χ4v) is 6.02. The fourth-order valence-electron chi connectivity index (χ4n) is 4.96. The third kappa shape index (κ3) is 4.84. The van der Waals surface area contributed by atoms with Crippen LogP contribution in [0.4, 0.5) is 10.3 Å². The Labute approximate surface area is 196 Å². The van der Waals surface area contributed by atoms with Crippen molar-refractivity contribution in [3.63, 3.8) is 0 Å². The molecule has 4 rings (SSSR count). The van der Waals surface area contributed by atoms with Crippen LogP contribution in [0.1, 0.15) is 62.0 Å². The minimum atomic E-state index is -1.13. The first-order chi connectivity index (χ1) is 15.5. The Bertz CT molecular complexity index is 1140. The van der Waals surface area contributed by atoms with Gasteiger partial charge in [0.15, 0.2) is 5.82 Å². The number of carboxylic acids is 1. The quantitative estimate of drug-likeness (QED) is 0.579. The molecule has 176 valence electrons. The van der Waals surface area contributed by atoms with Gasteiger partial charge in [-0.05, 0) is 50.5 Å². The number of nitrogens with one attached hydrogen (secondary N) is 1. The number of aromatic nitrogens is 3. The molecule has 1 fully saturated rings. The molecular weight excluding hydrogens is 443 g/mol. The van der Waals surface area contributed by atoms with Crippen molar-refractivity contribution < 1.29 is 19.4 Å². The van der Waals surface area contributed by atoms with E-state index in [4.69, 9.17) is 0 Å². The summed E-state index contributed by atoms with van der Waals surface area (Å²) in [6, 6.07) is -0.0616. The molecule has 3 unspecified atom stereocenters. The zero-order valence-corrected chi connectivity index (χ0v) is 20.0. The minimum absolute atomic E-state index is 0.0616. The zero-order chi connectivity index (χ0) is 24.0. The van der Waals surface area contributed by atoms with Crippen molar-refractivity contribution in [1.29, 1.82) is 0 Å². The number of aliphatic hydroxyl groups is 1. The Balaban J connectivity index is 1.51. The fraction of sp³-hybridized carbons (Fsp3) is 0.500. The largest absolute Gasteiger partial charge is 0.481 e. The van der Waals surface area contributed by atoms with Crippen molar-refractivity contribution in [2.75, 3.05) is 5.32 Å². The zero-order valence-electron chi connectivity index (χ0n) is 19.2. The summed E-state index contributed by atoms with van der Waals surface area (Å²) in [7, 11) is 0. The van der Waals surface area contributed by atoms with Crippen LogP contribution < -0.4 is 5.32 Å². The van der Waals surface area contributed by atoms with Crippen LogP contribution in [0.3, 0.4) is 0 Å². The summed E-state index contributed by atoms with van der Waals surface area (Å²) in [5.74, 6) is -1.35. The maximum atomic E-state index is 13.5. The predicted octanol–water partition coefficient (Wildman–Crippen LogP) is 4.69. The van der Waals surface area contributed by atoms with Gasteiger partial charge < -0.3 is 15.5 Å². The number of halogens is 1. The van der Waals surface area contributed by atoms with Crippen molar-refractivity contribution in [3.05, 3.63) is 51.5 Å². The van der Waals surface area contributed by atoms with Crippen molar-refractivity contribution in [1.82, 2.24) is 15.0 Å². The molecule has 2 aliphatic carbocycles. The molecule has 33 heavy (non-hydrogen) atoms. The third-order valence-electron chi connectivity index (χ3n) is 6.60. The molecule has 0 radical (unpaired) electrons. The Morgan fingerprint density at radius 2 is 2.03 bits per heavy atom. The molecule has 0 spiro atoms. The lowest BCUT2D eigenvalue weighted by Crippen LogP contribution is -2.44. The number of nitrogens with zero attached hydrogens (tertiary/aromatic N) is 3. The van der Waals surface area contributed by atoms with Gasteiger partial charge in [0.1, 0.15) is 10.6 Å². The lowest BCUT2D eigenvalue weighted by Gasteiger charge is -2.44. The highest BCUT2D eigenvalue weighted by molar-refractivity contribution is 7.12. The molecule has 7 nitrogen and oxygen atoms in total. The second kappa shape index (κ2) is 8.61. The highest BCUT2D eigenvalue weighted by Gasteiger charge is 2.49. The molecular formula is C24H29FN4O3S. The van der Waals surface area contributed by atoms with Crippen molar-refractivity contribution in [2.45, 2.75) is 65.0 Å². The molecule has 0 bridgehead atoms. The summed E-state index contributed by atoms with van der Waals surface area (Å²) in [5.41, 5.74) is 0.786. The standard InChI is InChI=1S/C24H29FN4O3S/c1-13-7-15(9-16(8-13)29-22-27-10-18(25)14(2)28-22)19-11-26-21(33-19)24(32)6-5-17(20(30)31)23(3,4)12-24/h7-8,10-11,16-17,32H,5-6,9,12H2,1-4H3,(H,30,31)(H,27,28,29). The van der Waals surface area contributed by atoms with Gasteiger partial charge in [-0.2, -0.15) is 0 Å². The van der Waals surface area contributed by atoms with E-state index in [1.165, 1.54) is 11.3 Å². The number of rotatable bonds is 5. The Kier molecular flexibility index (Phi) is 6.13. The number of hydrogen-bond donors (Lipinski definition) is 3. The highest BCUT2D eigenvalue weighted by atomic mass is 32.1. The van der Waals surface area contributed by atoms with Crippen LogP contribution in [0.25, 0.3) is 5.57 Å². The van der Waals surface area contributed by atoms with Gasteiger partial charge in [0.25, 0.3) is 0 Å². The summed E-state index contributed by atoms with van der Waals surface area (Å²) < 4.78 is 13.5. The maximum absolute atomic E-state index is 13.5. The van der Waals surface area contributed by atoms with Gasteiger partial charge in [0, 0.05) is 6.20 Å². The number of hydrogen-bond acceptors (Lipinski definition) is 7. The number of carbonyl (C=O) groups is 1. The topological polar surface area (TPSA) is 108 Å². The van der Waals surface area contributed by atoms with E-state index in [0.717, 1.165) is 22.2 Å². The van der Waals surface area contributed by atoms with Gasteiger partial charge in [-0.3, -0.25) is 4.79 Å². The number of aryl methyl sites for hydroxylation is 1. The van der Waals surface area contributed by atoms with E-state index < -0.39 is 28.7 Å². The molecule has 2 aromatic heterocycles. The number of carboxylic acid groups (broad SMARTS) is 1. The lowest BCUT2D eigenvalue weighted by atomic mass is 9.63. The summed E-state index contributed by atoms with van der Waals surface area (Å²) >= 11 is 1.46. The molecule has 9 heteroatoms. The van der Waals surface area contributed by atoms with Gasteiger partial charge in [-0.25, -0.2) is 19.3 Å². The van der Waals surface area contributed by atoms with E-state index in [9.17, 15) is 19.4 Å². The molecule has 0 aromatic carbocycles. The summed E-state index contributed by atoms with van der Waals surface area (Å²) in [5, 5.41) is 24.8. The van der Waals surface area contributed by atoms with E-state index in [1.54, 1.807) is 13.1 Å². The molecule has 0 saturated heterocycles. The summed E-state index contributed by atoms with van der Waals surface area (Å²) in [6.45, 7) is 7.41. The number of thiazole rings is 1. The molecule has 2 aliphatic rings. The van der Waals surface area contributed by atoms with Gasteiger partial charge in [0.05, 0.1) is 28.7 Å². The lowest BCUT2D eigenvalue weighted by molar-refractivity contribution is -0.154. The van der Waals surface area contributed by atoms with Crippen LogP contribution >= 0.6 is 11.3 Å². The smallest absolute Gasteiger partial charge is 0.307 e. The van der Waals surface area contributed by atoms with Crippen LogP contribution in [0.2, 0.25) is 0 Å². The molecule has 2 aromatic rings. The number of anilines is 1. The predicted molar refractivity (Wildman–Crippen MR) is 125 cm³/mol. The molecule has 1 saturated carbocycles. The average molecular weight is 473 g/mol. The molecule has 3 N–H and O–H groups in total. The van der Waals surface area contributed by atoms with Gasteiger partial charge in [0.2, 0.25) is 5.95 Å². The summed E-state index contributed by atoms with van der Waals surface area (Å²) in [6.07, 6.45) is 8.95. The number of allylic oxidation sites excluding steroid dienone is 2. The van der Waals surface area contributed by atoms with Gasteiger partial charge in [-0.1, -0.05) is 31.6 Å². The first-order valence-electron chi connectivity index (χ1n) is 11.0. The van der Waals surface area contributed by atoms with Gasteiger partial charge in [-0.15, -0.1) is 11.3 Å². The van der Waals surface area contributed by atoms with E-state index in [1.807, 2.05) is 20.8 Å². The van der Waals surface area contributed by atoms with Crippen molar-refractivity contribution >= 4 is 28.8 Å². The van der Waals surface area contributed by atoms with E-state index in [2.05, 4.69) is 32.4 Å². The Morgan fingerprint density at radius 3 is 2.70 bits per heavy atom. The molecule has 2 heterocycles. The second-order valence-corrected chi connectivity index (χ2v) is 10.8. The van der Waals surface area contributed by atoms with Crippen molar-refractivity contribution in [3.8, 4) is 0 Å². The Hall–Kier alpha value is -2.65. The van der Waals surface area contributed by atoms with E-state index >= 15 is 0 Å².